The Balaban J connectivity index is 1.39. The van der Waals surface area contributed by atoms with E-state index >= 15 is 0 Å². The van der Waals surface area contributed by atoms with Crippen LogP contribution in [0.4, 0.5) is 16.2 Å². The van der Waals surface area contributed by atoms with E-state index in [-0.39, 0.29) is 6.03 Å². The second kappa shape index (κ2) is 7.22. The Hall–Kier alpha value is -3.16. The number of benzene rings is 1. The van der Waals surface area contributed by atoms with Gasteiger partial charge in [0.15, 0.2) is 11.5 Å². The molecule has 3 aromatic rings. The average Bonchev–Trinajstić information content (AvgIpc) is 3.10. The van der Waals surface area contributed by atoms with Gasteiger partial charge in [-0.15, -0.1) is 10.2 Å². The Labute approximate surface area is 157 Å². The molecule has 2 amide bonds. The molecule has 8 heteroatoms. The van der Waals surface area contributed by atoms with E-state index in [1.165, 1.54) is 0 Å². The zero-order valence-electron chi connectivity index (χ0n) is 15.6. The van der Waals surface area contributed by atoms with E-state index in [9.17, 15) is 4.79 Å². The van der Waals surface area contributed by atoms with Crippen LogP contribution in [0.2, 0.25) is 0 Å². The molecule has 2 aromatic heterocycles. The van der Waals surface area contributed by atoms with Crippen LogP contribution in [0.1, 0.15) is 18.3 Å². The Kier molecular flexibility index (Phi) is 4.62. The fraction of sp³-hybridized carbons (Fsp3) is 0.368. The van der Waals surface area contributed by atoms with Crippen molar-refractivity contribution < 1.29 is 4.79 Å². The maximum absolute atomic E-state index is 12.5. The van der Waals surface area contributed by atoms with Gasteiger partial charge in [-0.25, -0.2) is 4.79 Å². The van der Waals surface area contributed by atoms with Gasteiger partial charge < -0.3 is 15.1 Å². The lowest BCUT2D eigenvalue weighted by molar-refractivity contribution is 0.208. The topological polar surface area (TPSA) is 78.7 Å². The summed E-state index contributed by atoms with van der Waals surface area (Å²) in [6.45, 7) is 6.89. The highest BCUT2D eigenvalue weighted by Gasteiger charge is 2.22. The van der Waals surface area contributed by atoms with Gasteiger partial charge in [0.05, 0.1) is 11.9 Å². The molecular weight excluding hydrogens is 342 g/mol. The van der Waals surface area contributed by atoms with Crippen LogP contribution in [0.15, 0.2) is 36.5 Å². The van der Waals surface area contributed by atoms with Gasteiger partial charge in [0.1, 0.15) is 0 Å². The number of hydrogen-bond acceptors (Lipinski definition) is 5. The molecule has 0 bridgehead atoms. The fourth-order valence-electron chi connectivity index (χ4n) is 3.31. The molecule has 1 N–H and O–H groups in total. The molecule has 1 aliphatic heterocycles. The number of aryl methyl sites for hydroxylation is 2. The van der Waals surface area contributed by atoms with E-state index in [1.807, 2.05) is 55.3 Å². The van der Waals surface area contributed by atoms with Crippen molar-refractivity contribution in [2.24, 2.45) is 0 Å². The minimum Gasteiger partial charge on any atom is -0.367 e. The zero-order valence-corrected chi connectivity index (χ0v) is 15.6. The second-order valence-electron chi connectivity index (χ2n) is 6.73. The number of carbonyl (C=O) groups is 1. The Bertz CT molecular complexity index is 960. The van der Waals surface area contributed by atoms with E-state index in [0.717, 1.165) is 47.9 Å². The summed E-state index contributed by atoms with van der Waals surface area (Å²) < 4.78 is 1.77. The standard InChI is InChI=1S/C19H23N7O/c1-3-17-22-23-18-12-16(13-20-26(17)18)24-7-9-25(10-8-24)19(27)21-15-6-4-5-14(2)11-15/h4-6,11-13H,3,7-10H2,1-2H3,(H,21,27). The van der Waals surface area contributed by atoms with E-state index < -0.39 is 0 Å². The molecule has 4 rings (SSSR count). The molecule has 0 atom stereocenters. The monoisotopic (exact) mass is 365 g/mol. The summed E-state index contributed by atoms with van der Waals surface area (Å²) in [5.74, 6) is 0.856. The number of carbonyl (C=O) groups excluding carboxylic acids is 1. The number of nitrogens with zero attached hydrogens (tertiary/aromatic N) is 6. The number of urea groups is 1. The summed E-state index contributed by atoms with van der Waals surface area (Å²) in [4.78, 5) is 16.6. The highest BCUT2D eigenvalue weighted by atomic mass is 16.2. The highest BCUT2D eigenvalue weighted by molar-refractivity contribution is 5.89. The van der Waals surface area contributed by atoms with Gasteiger partial charge in [0, 0.05) is 44.4 Å². The van der Waals surface area contributed by atoms with Crippen LogP contribution in [0.3, 0.4) is 0 Å². The van der Waals surface area contributed by atoms with E-state index in [0.29, 0.717) is 13.1 Å². The minimum absolute atomic E-state index is 0.0566. The Morgan fingerprint density at radius 1 is 1.15 bits per heavy atom. The number of aromatic nitrogens is 4. The molecule has 0 aliphatic carbocycles. The van der Waals surface area contributed by atoms with Crippen LogP contribution < -0.4 is 10.2 Å². The lowest BCUT2D eigenvalue weighted by Gasteiger charge is -2.35. The number of rotatable bonds is 3. The largest absolute Gasteiger partial charge is 0.367 e. The quantitative estimate of drug-likeness (QED) is 0.771. The third-order valence-corrected chi connectivity index (χ3v) is 4.83. The van der Waals surface area contributed by atoms with Gasteiger partial charge >= 0.3 is 6.03 Å². The van der Waals surface area contributed by atoms with Crippen LogP contribution in [-0.4, -0.2) is 56.9 Å². The number of anilines is 2. The predicted molar refractivity (Wildman–Crippen MR) is 104 cm³/mol. The van der Waals surface area contributed by atoms with E-state index in [2.05, 4.69) is 25.5 Å². The first-order valence-electron chi connectivity index (χ1n) is 9.22. The van der Waals surface area contributed by atoms with Gasteiger partial charge in [-0.05, 0) is 24.6 Å². The number of amides is 2. The third kappa shape index (κ3) is 3.55. The molecule has 0 unspecified atom stereocenters. The summed E-state index contributed by atoms with van der Waals surface area (Å²) in [6, 6.07) is 9.78. The van der Waals surface area contributed by atoms with Gasteiger partial charge in [-0.1, -0.05) is 19.1 Å². The molecule has 0 saturated carbocycles. The first-order chi connectivity index (χ1) is 13.1. The predicted octanol–water partition coefficient (Wildman–Crippen LogP) is 2.35. The van der Waals surface area contributed by atoms with Crippen LogP contribution in [0.25, 0.3) is 5.65 Å². The molecule has 1 aromatic carbocycles. The summed E-state index contributed by atoms with van der Waals surface area (Å²) in [5.41, 5.74) is 3.72. The Morgan fingerprint density at radius 2 is 1.96 bits per heavy atom. The summed E-state index contributed by atoms with van der Waals surface area (Å²) >= 11 is 0. The maximum Gasteiger partial charge on any atom is 0.321 e. The highest BCUT2D eigenvalue weighted by Crippen LogP contribution is 2.18. The smallest absolute Gasteiger partial charge is 0.321 e. The van der Waals surface area contributed by atoms with E-state index in [4.69, 9.17) is 0 Å². The van der Waals surface area contributed by atoms with Crippen molar-refractivity contribution in [2.45, 2.75) is 20.3 Å². The Morgan fingerprint density at radius 3 is 2.70 bits per heavy atom. The van der Waals surface area contributed by atoms with Crippen molar-refractivity contribution in [1.29, 1.82) is 0 Å². The van der Waals surface area contributed by atoms with Crippen molar-refractivity contribution in [2.75, 3.05) is 36.4 Å². The molecular formula is C19H23N7O. The number of nitrogens with one attached hydrogen (secondary N) is 1. The van der Waals surface area contributed by atoms with Crippen LogP contribution in [0.5, 0.6) is 0 Å². The summed E-state index contributed by atoms with van der Waals surface area (Å²) in [7, 11) is 0. The SMILES string of the molecule is CCc1nnc2cc(N3CCN(C(=O)Nc4cccc(C)c4)CC3)cnn12. The lowest BCUT2D eigenvalue weighted by Crippen LogP contribution is -2.50. The zero-order chi connectivity index (χ0) is 18.8. The average molecular weight is 365 g/mol. The van der Waals surface area contributed by atoms with Gasteiger partial charge in [0.2, 0.25) is 0 Å². The molecule has 1 fully saturated rings. The second-order valence-corrected chi connectivity index (χ2v) is 6.73. The van der Waals surface area contributed by atoms with Crippen molar-refractivity contribution >= 4 is 23.1 Å². The molecule has 0 spiro atoms. The molecule has 140 valence electrons. The normalized spacial score (nSPS) is 14.6. The molecule has 3 heterocycles. The van der Waals surface area contributed by atoms with Gasteiger partial charge in [0.25, 0.3) is 0 Å². The number of fused-ring (bicyclic) bond motifs is 1. The van der Waals surface area contributed by atoms with Crippen molar-refractivity contribution in [1.82, 2.24) is 24.7 Å². The molecule has 1 saturated heterocycles. The third-order valence-electron chi connectivity index (χ3n) is 4.83. The molecule has 0 radical (unpaired) electrons. The van der Waals surface area contributed by atoms with Crippen LogP contribution in [-0.2, 0) is 6.42 Å². The number of piperazine rings is 1. The minimum atomic E-state index is -0.0566. The maximum atomic E-state index is 12.5. The first kappa shape index (κ1) is 17.3. The van der Waals surface area contributed by atoms with Crippen molar-refractivity contribution in [3.63, 3.8) is 0 Å². The fourth-order valence-corrected chi connectivity index (χ4v) is 3.31. The molecule has 27 heavy (non-hydrogen) atoms. The number of hydrogen-bond donors (Lipinski definition) is 1. The van der Waals surface area contributed by atoms with Crippen molar-refractivity contribution in [3.8, 4) is 0 Å². The molecule has 1 aliphatic rings. The first-order valence-corrected chi connectivity index (χ1v) is 9.22. The lowest BCUT2D eigenvalue weighted by atomic mass is 10.2. The van der Waals surface area contributed by atoms with Crippen LogP contribution >= 0.6 is 0 Å². The van der Waals surface area contributed by atoms with Crippen LogP contribution in [0, 0.1) is 6.92 Å². The summed E-state index contributed by atoms with van der Waals surface area (Å²) in [5, 5.41) is 15.8. The molecule has 8 nitrogen and oxygen atoms in total. The van der Waals surface area contributed by atoms with Gasteiger partial charge in [-0.2, -0.15) is 9.61 Å². The van der Waals surface area contributed by atoms with Crippen molar-refractivity contribution in [3.05, 3.63) is 47.9 Å². The van der Waals surface area contributed by atoms with E-state index in [1.54, 1.807) is 4.52 Å². The van der Waals surface area contributed by atoms with Gasteiger partial charge in [-0.3, -0.25) is 0 Å². The summed E-state index contributed by atoms with van der Waals surface area (Å²) in [6.07, 6.45) is 2.64.